The molecule has 1 saturated carbocycles. The predicted molar refractivity (Wildman–Crippen MR) is 142 cm³/mol. The van der Waals surface area contributed by atoms with E-state index in [2.05, 4.69) is 5.32 Å². The number of piperidine rings is 1. The van der Waals surface area contributed by atoms with Crippen LogP contribution in [-0.4, -0.2) is 34.8 Å². The molecule has 1 aliphatic carbocycles. The molecule has 0 atom stereocenters. The Balaban J connectivity index is 1.16. The van der Waals surface area contributed by atoms with Crippen LogP contribution in [0.25, 0.3) is 11.1 Å². The minimum Gasteiger partial charge on any atom is -0.343 e. The second-order valence-electron chi connectivity index (χ2n) is 9.78. The highest BCUT2D eigenvalue weighted by molar-refractivity contribution is 7.10. The van der Waals surface area contributed by atoms with Gasteiger partial charge in [0.05, 0.1) is 5.01 Å². The minimum absolute atomic E-state index is 0.185. The first-order valence-corrected chi connectivity index (χ1v) is 13.7. The van der Waals surface area contributed by atoms with Crippen molar-refractivity contribution in [3.63, 3.8) is 0 Å². The van der Waals surface area contributed by atoms with E-state index in [1.807, 2.05) is 64.9 Å². The van der Waals surface area contributed by atoms with E-state index in [0.717, 1.165) is 60.1 Å². The molecule has 1 N–H and O–H groups in total. The van der Waals surface area contributed by atoms with Crippen molar-refractivity contribution in [2.45, 2.75) is 57.3 Å². The Morgan fingerprint density at radius 3 is 2.43 bits per heavy atom. The average molecular weight is 488 g/mol. The number of aromatic nitrogens is 1. The van der Waals surface area contributed by atoms with Crippen LogP contribution in [0.1, 0.15) is 72.8 Å². The number of anilines is 1. The molecule has 2 aliphatic rings. The fourth-order valence-corrected chi connectivity index (χ4v) is 6.36. The van der Waals surface area contributed by atoms with Crippen molar-refractivity contribution in [3.8, 4) is 11.1 Å². The molecule has 3 aromatic rings. The van der Waals surface area contributed by atoms with Gasteiger partial charge in [-0.1, -0.05) is 74.2 Å². The number of rotatable bonds is 7. The average Bonchev–Trinajstić information content (AvgIpc) is 3.61. The number of amides is 2. The van der Waals surface area contributed by atoms with Crippen LogP contribution < -0.4 is 5.32 Å². The van der Waals surface area contributed by atoms with Crippen LogP contribution in [0.15, 0.2) is 60.0 Å². The van der Waals surface area contributed by atoms with Crippen molar-refractivity contribution >= 4 is 28.8 Å². The first kappa shape index (κ1) is 23.7. The van der Waals surface area contributed by atoms with Gasteiger partial charge in [0.2, 0.25) is 5.91 Å². The van der Waals surface area contributed by atoms with Crippen LogP contribution in [0.2, 0.25) is 0 Å². The molecule has 6 heteroatoms. The second-order valence-corrected chi connectivity index (χ2v) is 10.7. The molecule has 2 fully saturated rings. The van der Waals surface area contributed by atoms with E-state index in [1.165, 1.54) is 25.7 Å². The second kappa shape index (κ2) is 11.2. The van der Waals surface area contributed by atoms with Gasteiger partial charge in [0.15, 0.2) is 0 Å². The zero-order chi connectivity index (χ0) is 24.0. The van der Waals surface area contributed by atoms with Crippen molar-refractivity contribution in [1.29, 1.82) is 0 Å². The molecule has 1 aliphatic heterocycles. The molecule has 5 nitrogen and oxygen atoms in total. The number of benzene rings is 2. The molecule has 2 amide bonds. The minimum atomic E-state index is -0.185. The third kappa shape index (κ3) is 5.81. The summed E-state index contributed by atoms with van der Waals surface area (Å²) in [4.78, 5) is 32.4. The van der Waals surface area contributed by atoms with Crippen molar-refractivity contribution in [2.75, 3.05) is 18.4 Å². The third-order valence-electron chi connectivity index (χ3n) is 7.45. The highest BCUT2D eigenvalue weighted by atomic mass is 32.1. The lowest BCUT2D eigenvalue weighted by molar-refractivity contribution is -0.132. The molecular weight excluding hydrogens is 454 g/mol. The summed E-state index contributed by atoms with van der Waals surface area (Å²) in [5.41, 5.74) is 3.29. The number of nitrogens with zero attached hydrogens (tertiary/aromatic N) is 2. The molecule has 0 spiro atoms. The molecular formula is C29H33N3O2S. The molecule has 35 heavy (non-hydrogen) atoms. The van der Waals surface area contributed by atoms with Gasteiger partial charge >= 0.3 is 0 Å². The highest BCUT2D eigenvalue weighted by Gasteiger charge is 2.27. The highest BCUT2D eigenvalue weighted by Crippen LogP contribution is 2.33. The fraction of sp³-hybridized carbons (Fsp3) is 0.414. The predicted octanol–water partition coefficient (Wildman–Crippen LogP) is 6.74. The summed E-state index contributed by atoms with van der Waals surface area (Å²) in [6.45, 7) is 1.58. The topological polar surface area (TPSA) is 62.3 Å². The monoisotopic (exact) mass is 487 g/mol. The maximum atomic E-state index is 13.0. The number of carbonyl (C=O) groups is 2. The van der Waals surface area contributed by atoms with Gasteiger partial charge in [-0.25, -0.2) is 4.98 Å². The zero-order valence-electron chi connectivity index (χ0n) is 20.1. The van der Waals surface area contributed by atoms with Gasteiger partial charge in [0, 0.05) is 42.1 Å². The van der Waals surface area contributed by atoms with Crippen molar-refractivity contribution in [1.82, 2.24) is 9.88 Å². The quantitative estimate of drug-likeness (QED) is 0.401. The van der Waals surface area contributed by atoms with Crippen LogP contribution >= 0.6 is 11.3 Å². The number of thiazole rings is 1. The van der Waals surface area contributed by atoms with Gasteiger partial charge in [0.25, 0.3) is 5.91 Å². The summed E-state index contributed by atoms with van der Waals surface area (Å²) < 4.78 is 0. The maximum absolute atomic E-state index is 13.0. The first-order chi connectivity index (χ1) is 17.2. The van der Waals surface area contributed by atoms with E-state index in [-0.39, 0.29) is 5.91 Å². The lowest BCUT2D eigenvalue weighted by atomic mass is 9.96. The number of hydrogen-bond donors (Lipinski definition) is 1. The van der Waals surface area contributed by atoms with Gasteiger partial charge in [-0.3, -0.25) is 9.59 Å². The molecule has 5 rings (SSSR count). The van der Waals surface area contributed by atoms with E-state index in [0.29, 0.717) is 23.9 Å². The molecule has 1 aromatic heterocycles. The number of nitrogens with one attached hydrogen (secondary N) is 1. The Hall–Kier alpha value is -2.99. The van der Waals surface area contributed by atoms with E-state index >= 15 is 0 Å². The summed E-state index contributed by atoms with van der Waals surface area (Å²) in [6, 6.07) is 17.9. The van der Waals surface area contributed by atoms with Crippen LogP contribution in [0.5, 0.6) is 0 Å². The SMILES string of the molecule is O=C(Nc1ccccc1-c1ccccc1)c1csc(C2CCN(C(=O)CCC3CCCC3)CC2)n1. The third-order valence-corrected chi connectivity index (χ3v) is 8.46. The summed E-state index contributed by atoms with van der Waals surface area (Å²) in [5, 5.41) is 5.91. The Kier molecular flexibility index (Phi) is 7.57. The molecule has 182 valence electrons. The molecule has 2 aromatic carbocycles. The van der Waals surface area contributed by atoms with Gasteiger partial charge in [0.1, 0.15) is 5.69 Å². The summed E-state index contributed by atoms with van der Waals surface area (Å²) >= 11 is 1.56. The Bertz CT molecular complexity index is 1150. The Labute approximate surface area is 211 Å². The molecule has 2 heterocycles. The number of carbonyl (C=O) groups excluding carboxylic acids is 2. The van der Waals surface area contributed by atoms with Gasteiger partial charge in [-0.15, -0.1) is 11.3 Å². The van der Waals surface area contributed by atoms with Gasteiger partial charge in [-0.2, -0.15) is 0 Å². The summed E-state index contributed by atoms with van der Waals surface area (Å²) in [5.74, 6) is 1.20. The Morgan fingerprint density at radius 1 is 0.943 bits per heavy atom. The lowest BCUT2D eigenvalue weighted by Crippen LogP contribution is -2.38. The van der Waals surface area contributed by atoms with E-state index in [4.69, 9.17) is 4.98 Å². The lowest BCUT2D eigenvalue weighted by Gasteiger charge is -2.31. The number of likely N-dealkylation sites (tertiary alicyclic amines) is 1. The maximum Gasteiger partial charge on any atom is 0.275 e. The Morgan fingerprint density at radius 2 is 1.66 bits per heavy atom. The van der Waals surface area contributed by atoms with Crippen LogP contribution in [0.3, 0.4) is 0 Å². The van der Waals surface area contributed by atoms with Crippen molar-refractivity contribution in [2.24, 2.45) is 5.92 Å². The van der Waals surface area contributed by atoms with Crippen molar-refractivity contribution < 1.29 is 9.59 Å². The summed E-state index contributed by atoms with van der Waals surface area (Å²) in [7, 11) is 0. The van der Waals surface area contributed by atoms with Crippen LogP contribution in [0.4, 0.5) is 5.69 Å². The number of hydrogen-bond acceptors (Lipinski definition) is 4. The van der Waals surface area contributed by atoms with Gasteiger partial charge in [-0.05, 0) is 36.8 Å². The summed E-state index contributed by atoms with van der Waals surface area (Å²) in [6.07, 6.45) is 8.84. The van der Waals surface area contributed by atoms with E-state index < -0.39 is 0 Å². The first-order valence-electron chi connectivity index (χ1n) is 12.9. The van der Waals surface area contributed by atoms with E-state index in [1.54, 1.807) is 11.3 Å². The molecule has 0 bridgehead atoms. The van der Waals surface area contributed by atoms with E-state index in [9.17, 15) is 9.59 Å². The van der Waals surface area contributed by atoms with Crippen LogP contribution in [-0.2, 0) is 4.79 Å². The molecule has 0 unspecified atom stereocenters. The normalized spacial score (nSPS) is 17.0. The molecule has 0 radical (unpaired) electrons. The van der Waals surface area contributed by atoms with Crippen molar-refractivity contribution in [3.05, 3.63) is 70.7 Å². The fourth-order valence-electron chi connectivity index (χ4n) is 5.39. The largest absolute Gasteiger partial charge is 0.343 e. The van der Waals surface area contributed by atoms with Crippen LogP contribution in [0, 0.1) is 5.92 Å². The standard InChI is InChI=1S/C29H33N3O2S/c33-27(15-14-21-8-4-5-9-21)32-18-16-23(17-19-32)29-31-26(20-35-29)28(34)30-25-13-7-6-12-24(25)22-10-2-1-3-11-22/h1-3,6-7,10-13,20-21,23H,4-5,8-9,14-19H2,(H,30,34). The smallest absolute Gasteiger partial charge is 0.275 e. The van der Waals surface area contributed by atoms with Gasteiger partial charge < -0.3 is 10.2 Å². The molecule has 1 saturated heterocycles. The zero-order valence-corrected chi connectivity index (χ0v) is 20.9. The number of para-hydroxylation sites is 1.